The lowest BCUT2D eigenvalue weighted by Crippen LogP contribution is -2.41. The second kappa shape index (κ2) is 5.11. The summed E-state index contributed by atoms with van der Waals surface area (Å²) in [6.07, 6.45) is 0. The summed E-state index contributed by atoms with van der Waals surface area (Å²) in [5.41, 5.74) is 1.71. The van der Waals surface area contributed by atoms with Gasteiger partial charge in [-0.15, -0.1) is 0 Å². The van der Waals surface area contributed by atoms with Crippen molar-refractivity contribution in [3.63, 3.8) is 0 Å². The topological polar surface area (TPSA) is 49.7 Å². The first-order valence-electron chi connectivity index (χ1n) is 7.69. The van der Waals surface area contributed by atoms with E-state index in [1.165, 1.54) is 7.11 Å². The predicted octanol–water partition coefficient (Wildman–Crippen LogP) is 2.26. The predicted molar refractivity (Wildman–Crippen MR) is 90.0 cm³/mol. The second-order valence-corrected chi connectivity index (χ2v) is 6.98. The fourth-order valence-electron chi connectivity index (χ4n) is 2.81. The van der Waals surface area contributed by atoms with Gasteiger partial charge >= 0.3 is 13.1 Å². The van der Waals surface area contributed by atoms with Crippen molar-refractivity contribution in [1.82, 2.24) is 4.57 Å². The number of aryl methyl sites for hydroxylation is 1. The molecule has 5 nitrogen and oxygen atoms in total. The van der Waals surface area contributed by atoms with E-state index < -0.39 is 7.12 Å². The fraction of sp³-hybridized carbons (Fsp3) is 0.471. The zero-order valence-corrected chi connectivity index (χ0v) is 14.5. The number of ether oxygens (including phenoxy) is 1. The molecule has 0 bridgehead atoms. The lowest BCUT2D eigenvalue weighted by atomic mass is 9.84. The summed E-state index contributed by atoms with van der Waals surface area (Å²) in [6, 6.07) is 7.51. The quantitative estimate of drug-likeness (QED) is 0.630. The first kappa shape index (κ1) is 16.1. The minimum Gasteiger partial charge on any atom is -0.465 e. The van der Waals surface area contributed by atoms with E-state index in [0.29, 0.717) is 5.56 Å². The molecule has 1 saturated heterocycles. The second-order valence-electron chi connectivity index (χ2n) is 6.98. The Morgan fingerprint density at radius 3 is 2.30 bits per heavy atom. The van der Waals surface area contributed by atoms with E-state index in [2.05, 4.69) is 0 Å². The molecule has 0 aliphatic carbocycles. The third kappa shape index (κ3) is 2.46. The minimum absolute atomic E-state index is 0.340. The fourth-order valence-corrected chi connectivity index (χ4v) is 2.81. The molecule has 2 heterocycles. The minimum atomic E-state index is -0.432. The summed E-state index contributed by atoms with van der Waals surface area (Å²) in [4.78, 5) is 11.7. The van der Waals surface area contributed by atoms with E-state index in [1.807, 2.05) is 57.5 Å². The maximum atomic E-state index is 11.7. The largest absolute Gasteiger partial charge is 0.512 e. The van der Waals surface area contributed by atoms with Crippen molar-refractivity contribution in [3.8, 4) is 0 Å². The Kier molecular flexibility index (Phi) is 3.57. The first-order valence-corrected chi connectivity index (χ1v) is 7.69. The van der Waals surface area contributed by atoms with Gasteiger partial charge in [-0.05, 0) is 52.0 Å². The summed E-state index contributed by atoms with van der Waals surface area (Å²) in [5, 5.41) is 0.958. The number of rotatable bonds is 2. The van der Waals surface area contributed by atoms with Gasteiger partial charge in [0, 0.05) is 23.5 Å². The van der Waals surface area contributed by atoms with E-state index in [-0.39, 0.29) is 17.2 Å². The lowest BCUT2D eigenvalue weighted by Gasteiger charge is -2.32. The zero-order chi connectivity index (χ0) is 17.0. The number of carbonyl (C=O) groups excluding carboxylic acids is 1. The average Bonchev–Trinajstić information content (AvgIpc) is 2.92. The molecule has 2 aromatic rings. The van der Waals surface area contributed by atoms with E-state index in [9.17, 15) is 4.79 Å². The molecule has 0 N–H and O–H groups in total. The molecule has 0 amide bonds. The Morgan fingerprint density at radius 1 is 1.13 bits per heavy atom. The Bertz CT molecular complexity index is 762. The van der Waals surface area contributed by atoms with Gasteiger partial charge in [0.1, 0.15) is 0 Å². The highest BCUT2D eigenvalue weighted by molar-refractivity contribution is 6.61. The van der Waals surface area contributed by atoms with Gasteiger partial charge in [-0.3, -0.25) is 0 Å². The van der Waals surface area contributed by atoms with Crippen LogP contribution in [0.1, 0.15) is 38.1 Å². The number of hydrogen-bond acceptors (Lipinski definition) is 4. The highest BCUT2D eigenvalue weighted by Gasteiger charge is 2.52. The van der Waals surface area contributed by atoms with Crippen molar-refractivity contribution in [1.29, 1.82) is 0 Å². The van der Waals surface area contributed by atoms with Gasteiger partial charge in [-0.1, -0.05) is 0 Å². The molecular weight excluding hydrogens is 293 g/mol. The number of nitrogens with zero attached hydrogens (tertiary/aromatic N) is 1. The highest BCUT2D eigenvalue weighted by Crippen LogP contribution is 2.36. The van der Waals surface area contributed by atoms with E-state index >= 15 is 0 Å². The third-order valence-corrected chi connectivity index (χ3v) is 5.00. The standard InChI is InChI=1S/C17H22BNO4/c1-16(2)17(3,4)23-18(22-16)14-10-12-9-11(15(20)21-6)7-8-13(12)19(14)5/h7-10H,1-6H3. The summed E-state index contributed by atoms with van der Waals surface area (Å²) in [6.45, 7) is 8.13. The van der Waals surface area contributed by atoms with Crippen LogP contribution in [-0.4, -0.2) is 36.0 Å². The van der Waals surface area contributed by atoms with Crippen LogP contribution in [0.5, 0.6) is 0 Å². The Labute approximate surface area is 136 Å². The SMILES string of the molecule is COC(=O)c1ccc2c(c1)cc(B1OC(C)(C)C(C)(C)O1)n2C. The molecule has 0 saturated carbocycles. The number of aromatic nitrogens is 1. The number of carbonyl (C=O) groups is 1. The van der Waals surface area contributed by atoms with Gasteiger partial charge in [0.15, 0.2) is 0 Å². The molecule has 1 aromatic carbocycles. The molecule has 1 fully saturated rings. The maximum Gasteiger partial charge on any atom is 0.512 e. The Hall–Kier alpha value is -1.79. The van der Waals surface area contributed by atoms with Gasteiger partial charge < -0.3 is 18.6 Å². The molecule has 1 aliphatic rings. The number of methoxy groups -OCH3 is 1. The molecule has 23 heavy (non-hydrogen) atoms. The van der Waals surface area contributed by atoms with Crippen LogP contribution in [0.3, 0.4) is 0 Å². The Balaban J connectivity index is 2.03. The third-order valence-electron chi connectivity index (χ3n) is 5.00. The van der Waals surface area contributed by atoms with Crippen molar-refractivity contribution in [2.45, 2.75) is 38.9 Å². The van der Waals surface area contributed by atoms with Crippen molar-refractivity contribution in [2.24, 2.45) is 7.05 Å². The van der Waals surface area contributed by atoms with Crippen molar-refractivity contribution in [2.75, 3.05) is 7.11 Å². The van der Waals surface area contributed by atoms with Crippen LogP contribution in [0.25, 0.3) is 10.9 Å². The molecule has 6 heteroatoms. The summed E-state index contributed by atoms with van der Waals surface area (Å²) in [5.74, 6) is -0.340. The van der Waals surface area contributed by atoms with Gasteiger partial charge in [0.2, 0.25) is 0 Å². The van der Waals surface area contributed by atoms with Gasteiger partial charge in [-0.25, -0.2) is 4.79 Å². The van der Waals surface area contributed by atoms with E-state index in [4.69, 9.17) is 14.0 Å². The van der Waals surface area contributed by atoms with Crippen LogP contribution in [0.2, 0.25) is 0 Å². The maximum absolute atomic E-state index is 11.7. The molecule has 122 valence electrons. The van der Waals surface area contributed by atoms with Crippen LogP contribution in [0.4, 0.5) is 0 Å². The smallest absolute Gasteiger partial charge is 0.465 e. The summed E-state index contributed by atoms with van der Waals surface area (Å²) < 4.78 is 19.1. The lowest BCUT2D eigenvalue weighted by molar-refractivity contribution is 0.00578. The number of fused-ring (bicyclic) bond motifs is 1. The molecular formula is C17H22BNO4. The monoisotopic (exact) mass is 315 g/mol. The zero-order valence-electron chi connectivity index (χ0n) is 14.5. The van der Waals surface area contributed by atoms with Crippen LogP contribution in [0, 0.1) is 0 Å². The first-order chi connectivity index (χ1) is 10.7. The molecule has 0 radical (unpaired) electrons. The molecule has 0 spiro atoms. The Morgan fingerprint density at radius 2 is 1.74 bits per heavy atom. The van der Waals surface area contributed by atoms with E-state index in [1.54, 1.807) is 6.07 Å². The van der Waals surface area contributed by atoms with Crippen LogP contribution >= 0.6 is 0 Å². The van der Waals surface area contributed by atoms with Crippen molar-refractivity contribution < 1.29 is 18.8 Å². The van der Waals surface area contributed by atoms with Crippen LogP contribution < -0.4 is 5.59 Å². The molecule has 3 rings (SSSR count). The molecule has 0 atom stereocenters. The van der Waals surface area contributed by atoms with Gasteiger partial charge in [0.05, 0.1) is 23.9 Å². The average molecular weight is 315 g/mol. The number of esters is 1. The number of benzene rings is 1. The van der Waals surface area contributed by atoms with Gasteiger partial charge in [0.25, 0.3) is 0 Å². The summed E-state index contributed by atoms with van der Waals surface area (Å²) >= 11 is 0. The van der Waals surface area contributed by atoms with Crippen molar-refractivity contribution >= 4 is 29.6 Å². The highest BCUT2D eigenvalue weighted by atomic mass is 16.7. The molecule has 1 aromatic heterocycles. The summed E-state index contributed by atoms with van der Waals surface area (Å²) in [7, 11) is 2.92. The molecule has 1 aliphatic heterocycles. The van der Waals surface area contributed by atoms with Gasteiger partial charge in [-0.2, -0.15) is 0 Å². The normalized spacial score (nSPS) is 19.3. The van der Waals surface area contributed by atoms with Crippen molar-refractivity contribution in [3.05, 3.63) is 29.8 Å². The number of hydrogen-bond donors (Lipinski definition) is 0. The molecule has 0 unspecified atom stereocenters. The van der Waals surface area contributed by atoms with E-state index in [0.717, 1.165) is 16.5 Å². The van der Waals surface area contributed by atoms with Crippen LogP contribution in [0.15, 0.2) is 24.3 Å². The van der Waals surface area contributed by atoms with Crippen LogP contribution in [-0.2, 0) is 21.1 Å².